The van der Waals surface area contributed by atoms with E-state index in [1.165, 1.54) is 43.9 Å². The molecule has 1 aromatic carbocycles. The van der Waals surface area contributed by atoms with Crippen molar-refractivity contribution in [3.8, 4) is 34.6 Å². The van der Waals surface area contributed by atoms with Gasteiger partial charge < -0.3 is 28.8 Å². The molecule has 0 aliphatic carbocycles. The van der Waals surface area contributed by atoms with Crippen LogP contribution in [0.1, 0.15) is 44.3 Å². The number of aliphatic hydroxyl groups is 1. The first-order chi connectivity index (χ1) is 24.1. The topological polar surface area (TPSA) is 182 Å². The van der Waals surface area contributed by atoms with Gasteiger partial charge in [-0.3, -0.25) is 9.29 Å². The molecular formula is C31H35F4N7O8S. The van der Waals surface area contributed by atoms with Crippen LogP contribution in [0, 0.1) is 5.82 Å². The maximum absolute atomic E-state index is 14.7. The van der Waals surface area contributed by atoms with Gasteiger partial charge in [-0.2, -0.15) is 13.2 Å². The summed E-state index contributed by atoms with van der Waals surface area (Å²) < 4.78 is 113. The van der Waals surface area contributed by atoms with Crippen molar-refractivity contribution in [2.45, 2.75) is 49.8 Å². The number of aromatic nitrogens is 6. The number of sulfonamides is 1. The summed E-state index contributed by atoms with van der Waals surface area (Å²) in [6, 6.07) is 8.88. The Morgan fingerprint density at radius 3 is 2.37 bits per heavy atom. The van der Waals surface area contributed by atoms with E-state index in [0.717, 1.165) is 6.20 Å². The number of halogens is 4. The number of ether oxygens (including phenoxy) is 5. The zero-order valence-corrected chi connectivity index (χ0v) is 28.8. The molecule has 2 N–H and O–H groups in total. The summed E-state index contributed by atoms with van der Waals surface area (Å²) in [7, 11) is -1.62. The van der Waals surface area contributed by atoms with E-state index in [1.54, 1.807) is 25.1 Å². The van der Waals surface area contributed by atoms with Crippen LogP contribution in [0.3, 0.4) is 0 Å². The number of methoxy groups -OCH3 is 2. The third-order valence-electron chi connectivity index (χ3n) is 8.10. The molecule has 5 rings (SSSR count). The SMILES string of the molecule is COc1cccc(OC)c1-n1c(NS(=O)(=O)[C@@H](C)[C@H](C)c2ncc(F)c([C@H]3COCCO3)n2)nnc1-c1cccc(OCC(C)(O)C(F)(F)F)n1. The first-order valence-corrected chi connectivity index (χ1v) is 16.9. The van der Waals surface area contributed by atoms with Gasteiger partial charge in [-0.25, -0.2) is 27.8 Å². The third-order valence-corrected chi connectivity index (χ3v) is 9.95. The lowest BCUT2D eigenvalue weighted by molar-refractivity contribution is -0.260. The lowest BCUT2D eigenvalue weighted by Gasteiger charge is -2.25. The summed E-state index contributed by atoms with van der Waals surface area (Å²) in [6.07, 6.45) is -4.82. The number of alkyl halides is 3. The maximum atomic E-state index is 14.7. The zero-order valence-electron chi connectivity index (χ0n) is 28.0. The molecule has 1 unspecified atom stereocenters. The van der Waals surface area contributed by atoms with E-state index in [-0.39, 0.29) is 65.3 Å². The Morgan fingerprint density at radius 1 is 1.06 bits per heavy atom. The van der Waals surface area contributed by atoms with Crippen molar-refractivity contribution in [2.75, 3.05) is 45.4 Å². The van der Waals surface area contributed by atoms with Gasteiger partial charge in [0, 0.05) is 12.0 Å². The summed E-state index contributed by atoms with van der Waals surface area (Å²) in [6.45, 7) is 3.01. The van der Waals surface area contributed by atoms with Crippen molar-refractivity contribution >= 4 is 16.0 Å². The molecule has 15 nitrogen and oxygen atoms in total. The van der Waals surface area contributed by atoms with Crippen LogP contribution in [-0.2, 0) is 19.5 Å². The molecule has 0 amide bonds. The summed E-state index contributed by atoms with van der Waals surface area (Å²) in [5.41, 5.74) is -3.09. The van der Waals surface area contributed by atoms with E-state index in [9.17, 15) is 31.1 Å². The van der Waals surface area contributed by atoms with Crippen LogP contribution in [0.4, 0.5) is 23.5 Å². The molecule has 0 bridgehead atoms. The highest BCUT2D eigenvalue weighted by atomic mass is 32.2. The van der Waals surface area contributed by atoms with Crippen molar-refractivity contribution in [3.05, 3.63) is 59.9 Å². The van der Waals surface area contributed by atoms with E-state index in [1.807, 2.05) is 0 Å². The second-order valence-electron chi connectivity index (χ2n) is 11.7. The van der Waals surface area contributed by atoms with Gasteiger partial charge in [-0.1, -0.05) is 19.1 Å². The van der Waals surface area contributed by atoms with Gasteiger partial charge in [0.05, 0.1) is 45.5 Å². The van der Waals surface area contributed by atoms with Gasteiger partial charge in [0.2, 0.25) is 21.9 Å². The minimum Gasteiger partial charge on any atom is -0.494 e. The van der Waals surface area contributed by atoms with Crippen LogP contribution in [0.15, 0.2) is 42.6 Å². The van der Waals surface area contributed by atoms with Crippen LogP contribution in [0.2, 0.25) is 0 Å². The van der Waals surface area contributed by atoms with Crippen LogP contribution in [-0.4, -0.2) is 101 Å². The molecule has 1 aliphatic rings. The third kappa shape index (κ3) is 7.97. The largest absolute Gasteiger partial charge is 0.494 e. The van der Waals surface area contributed by atoms with Crippen molar-refractivity contribution in [2.24, 2.45) is 0 Å². The predicted octanol–water partition coefficient (Wildman–Crippen LogP) is 3.99. The molecule has 4 heterocycles. The second kappa shape index (κ2) is 14.9. The molecular weight excluding hydrogens is 706 g/mol. The van der Waals surface area contributed by atoms with E-state index < -0.39 is 51.5 Å². The standard InChI is InChI=1S/C31H35F4N7O8S/c1-17(27-36-14-19(32)25(38-27)23-15-48-12-13-49-23)18(2)51(44,45)41-29-40-39-28(42(29)26-21(46-4)9-7-10-22(26)47-5)20-8-6-11-24(37-20)50-16-30(3,43)31(33,34)35/h6-11,14,17-18,23,43H,12-13,15-16H2,1-5H3,(H,40,41)/t17-,18-,23+,30?/m0/s1. The van der Waals surface area contributed by atoms with Crippen LogP contribution < -0.4 is 18.9 Å². The van der Waals surface area contributed by atoms with Gasteiger partial charge in [-0.15, -0.1) is 10.2 Å². The highest BCUT2D eigenvalue weighted by Crippen LogP contribution is 2.38. The molecule has 51 heavy (non-hydrogen) atoms. The highest BCUT2D eigenvalue weighted by Gasteiger charge is 2.50. The van der Waals surface area contributed by atoms with Crippen molar-refractivity contribution in [3.63, 3.8) is 0 Å². The Morgan fingerprint density at radius 2 is 1.75 bits per heavy atom. The lowest BCUT2D eigenvalue weighted by Crippen LogP contribution is -2.47. The Balaban J connectivity index is 1.53. The normalized spacial score (nSPS) is 17.6. The summed E-state index contributed by atoms with van der Waals surface area (Å²) in [4.78, 5) is 12.6. The van der Waals surface area contributed by atoms with E-state index in [4.69, 9.17) is 23.7 Å². The molecule has 1 aliphatic heterocycles. The van der Waals surface area contributed by atoms with Gasteiger partial charge in [-0.05, 0) is 32.0 Å². The zero-order chi connectivity index (χ0) is 37.1. The summed E-state index contributed by atoms with van der Waals surface area (Å²) >= 11 is 0. The fraction of sp³-hybridized carbons (Fsp3) is 0.452. The predicted molar refractivity (Wildman–Crippen MR) is 172 cm³/mol. The number of hydrogen-bond acceptors (Lipinski definition) is 13. The smallest absolute Gasteiger partial charge is 0.420 e. The lowest BCUT2D eigenvalue weighted by atomic mass is 10.1. The first-order valence-electron chi connectivity index (χ1n) is 15.4. The molecule has 276 valence electrons. The Kier molecular flexibility index (Phi) is 11.0. The number of pyridine rings is 1. The number of anilines is 1. The average Bonchev–Trinajstić information content (AvgIpc) is 3.52. The molecule has 4 aromatic rings. The highest BCUT2D eigenvalue weighted by molar-refractivity contribution is 7.93. The Labute approximate surface area is 290 Å². The molecule has 20 heteroatoms. The van der Waals surface area contributed by atoms with Crippen molar-refractivity contribution in [1.82, 2.24) is 29.7 Å². The van der Waals surface area contributed by atoms with Crippen LogP contribution in [0.25, 0.3) is 17.2 Å². The van der Waals surface area contributed by atoms with Gasteiger partial charge in [0.25, 0.3) is 0 Å². The minimum atomic E-state index is -4.98. The minimum absolute atomic E-state index is 0.00683. The van der Waals surface area contributed by atoms with E-state index in [2.05, 4.69) is 29.9 Å². The number of nitrogens with zero attached hydrogens (tertiary/aromatic N) is 6. The van der Waals surface area contributed by atoms with Gasteiger partial charge >= 0.3 is 6.18 Å². The average molecular weight is 742 g/mol. The van der Waals surface area contributed by atoms with Crippen LogP contribution in [0.5, 0.6) is 17.4 Å². The van der Waals surface area contributed by atoms with E-state index in [0.29, 0.717) is 13.5 Å². The molecule has 1 saturated heterocycles. The number of para-hydroxylation sites is 1. The number of nitrogens with one attached hydrogen (secondary N) is 1. The number of rotatable bonds is 13. The second-order valence-corrected chi connectivity index (χ2v) is 13.7. The summed E-state index contributed by atoms with van der Waals surface area (Å²) in [5.74, 6) is -1.90. The fourth-order valence-corrected chi connectivity index (χ4v) is 6.11. The maximum Gasteiger partial charge on any atom is 0.420 e. The van der Waals surface area contributed by atoms with Gasteiger partial charge in [0.15, 0.2) is 17.2 Å². The molecule has 0 saturated carbocycles. The Bertz CT molecular complexity index is 1930. The quantitative estimate of drug-likeness (QED) is 0.188. The van der Waals surface area contributed by atoms with Crippen molar-refractivity contribution < 1.29 is 54.8 Å². The molecule has 3 aromatic heterocycles. The summed E-state index contributed by atoms with van der Waals surface area (Å²) in [5, 5.41) is 16.8. The molecule has 4 atom stereocenters. The fourth-order valence-electron chi connectivity index (χ4n) is 4.88. The molecule has 0 radical (unpaired) electrons. The van der Waals surface area contributed by atoms with Crippen molar-refractivity contribution in [1.29, 1.82) is 0 Å². The Hall–Kier alpha value is -4.66. The van der Waals surface area contributed by atoms with E-state index >= 15 is 0 Å². The van der Waals surface area contributed by atoms with Crippen LogP contribution >= 0.6 is 0 Å². The first kappa shape index (κ1) is 37.6. The monoisotopic (exact) mass is 741 g/mol. The molecule has 0 spiro atoms. The number of hydrogen-bond donors (Lipinski definition) is 2. The van der Waals surface area contributed by atoms with Gasteiger partial charge in [0.1, 0.15) is 47.1 Å². The molecule has 1 fully saturated rings. The number of benzene rings is 1.